The molecule has 1 aliphatic heterocycles. The molecule has 0 aliphatic carbocycles. The maximum atomic E-state index is 13.3. The molecule has 174 valence electrons. The first kappa shape index (κ1) is 22.8. The van der Waals surface area contributed by atoms with Gasteiger partial charge in [0, 0.05) is 18.9 Å². The van der Waals surface area contributed by atoms with Crippen molar-refractivity contribution in [1.29, 1.82) is 0 Å². The van der Waals surface area contributed by atoms with Crippen molar-refractivity contribution in [3.8, 4) is 17.2 Å². The van der Waals surface area contributed by atoms with Crippen LogP contribution in [0.5, 0.6) is 17.2 Å². The summed E-state index contributed by atoms with van der Waals surface area (Å²) in [7, 11) is 4.49. The van der Waals surface area contributed by atoms with E-state index in [2.05, 4.69) is 4.98 Å². The van der Waals surface area contributed by atoms with Crippen LogP contribution < -0.4 is 14.2 Å². The molecule has 8 nitrogen and oxygen atoms in total. The van der Waals surface area contributed by atoms with E-state index in [0.29, 0.717) is 22.8 Å². The number of carbonyl (C=O) groups is 2. The number of ketones is 1. The highest BCUT2D eigenvalue weighted by molar-refractivity contribution is 6.46. The number of nitrogens with zero attached hydrogens (tertiary/aromatic N) is 2. The van der Waals surface area contributed by atoms with Crippen LogP contribution in [0.15, 0.2) is 72.6 Å². The number of aliphatic hydroxyl groups is 1. The van der Waals surface area contributed by atoms with E-state index in [1.54, 1.807) is 60.9 Å². The number of pyridine rings is 1. The molecule has 1 aromatic heterocycles. The van der Waals surface area contributed by atoms with Gasteiger partial charge in [0.1, 0.15) is 23.0 Å². The Kier molecular flexibility index (Phi) is 6.49. The van der Waals surface area contributed by atoms with Crippen LogP contribution in [0, 0.1) is 0 Å². The first-order valence-corrected chi connectivity index (χ1v) is 10.5. The molecule has 34 heavy (non-hydrogen) atoms. The molecule has 1 fully saturated rings. The minimum atomic E-state index is -0.855. The summed E-state index contributed by atoms with van der Waals surface area (Å²) >= 11 is 0. The number of rotatable bonds is 7. The van der Waals surface area contributed by atoms with Gasteiger partial charge >= 0.3 is 0 Å². The number of aliphatic hydroxyl groups excluding tert-OH is 1. The van der Waals surface area contributed by atoms with Gasteiger partial charge in [-0.3, -0.25) is 14.6 Å². The van der Waals surface area contributed by atoms with Gasteiger partial charge in [-0.1, -0.05) is 18.2 Å². The molecular formula is C26H24N2O6. The van der Waals surface area contributed by atoms with E-state index < -0.39 is 17.7 Å². The number of carbonyl (C=O) groups excluding carboxylic acids is 2. The highest BCUT2D eigenvalue weighted by Gasteiger charge is 2.46. The fraction of sp³-hybridized carbons (Fsp3) is 0.192. The smallest absolute Gasteiger partial charge is 0.295 e. The van der Waals surface area contributed by atoms with E-state index in [-0.39, 0.29) is 23.4 Å². The SMILES string of the molecule is COc1cccc(C2/C(=C(\O)c3cc(OC)ccc3OC)C(=O)C(=O)N2Cc2cccnc2)c1. The number of Topliss-reactive ketones (excluding diaryl/α,β-unsaturated/α-hetero) is 1. The normalized spacial score (nSPS) is 17.0. The third kappa shape index (κ3) is 4.17. The standard InChI is InChI=1S/C26H24N2O6/c1-32-18-8-4-7-17(12-18)23-22(24(29)20-13-19(33-2)9-10-21(20)34-3)25(30)26(31)28(23)15-16-6-5-11-27-14-16/h4-14,23,29H,15H2,1-3H3/b24-22+. The molecule has 1 amide bonds. The van der Waals surface area contributed by atoms with Crippen molar-refractivity contribution in [3.05, 3.63) is 89.3 Å². The molecule has 4 rings (SSSR count). The second-order valence-corrected chi connectivity index (χ2v) is 7.63. The number of amides is 1. The van der Waals surface area contributed by atoms with Gasteiger partial charge in [-0.05, 0) is 47.5 Å². The predicted octanol–water partition coefficient (Wildman–Crippen LogP) is 3.73. The van der Waals surface area contributed by atoms with Crippen LogP contribution in [0.4, 0.5) is 0 Å². The highest BCUT2D eigenvalue weighted by Crippen LogP contribution is 2.42. The zero-order valence-corrected chi connectivity index (χ0v) is 19.0. The summed E-state index contributed by atoms with van der Waals surface area (Å²) in [6.07, 6.45) is 3.26. The Bertz CT molecular complexity index is 1260. The van der Waals surface area contributed by atoms with E-state index in [1.807, 2.05) is 6.07 Å². The van der Waals surface area contributed by atoms with Gasteiger partial charge in [0.15, 0.2) is 0 Å². The monoisotopic (exact) mass is 460 g/mol. The van der Waals surface area contributed by atoms with Crippen molar-refractivity contribution in [1.82, 2.24) is 9.88 Å². The third-order valence-corrected chi connectivity index (χ3v) is 5.69. The fourth-order valence-corrected chi connectivity index (χ4v) is 4.03. The molecule has 0 radical (unpaired) electrons. The van der Waals surface area contributed by atoms with Gasteiger partial charge in [-0.2, -0.15) is 0 Å². The van der Waals surface area contributed by atoms with Crippen LogP contribution in [-0.2, 0) is 16.1 Å². The fourth-order valence-electron chi connectivity index (χ4n) is 4.03. The van der Waals surface area contributed by atoms with Crippen LogP contribution in [-0.4, -0.2) is 48.0 Å². The molecule has 2 heterocycles. The Hall–Kier alpha value is -4.33. The lowest BCUT2D eigenvalue weighted by Crippen LogP contribution is -2.29. The van der Waals surface area contributed by atoms with Gasteiger partial charge in [-0.25, -0.2) is 0 Å². The number of hydrogen-bond acceptors (Lipinski definition) is 7. The van der Waals surface area contributed by atoms with Crippen molar-refractivity contribution in [2.45, 2.75) is 12.6 Å². The van der Waals surface area contributed by atoms with Crippen LogP contribution in [0.1, 0.15) is 22.7 Å². The third-order valence-electron chi connectivity index (χ3n) is 5.69. The quantitative estimate of drug-likeness (QED) is 0.326. The summed E-state index contributed by atoms with van der Waals surface area (Å²) < 4.78 is 16.0. The van der Waals surface area contributed by atoms with Crippen molar-refractivity contribution in [3.63, 3.8) is 0 Å². The number of methoxy groups -OCH3 is 3. The lowest BCUT2D eigenvalue weighted by Gasteiger charge is -2.25. The molecule has 0 spiro atoms. The molecule has 1 atom stereocenters. The molecule has 0 saturated carbocycles. The van der Waals surface area contributed by atoms with Crippen LogP contribution >= 0.6 is 0 Å². The second kappa shape index (κ2) is 9.66. The molecule has 1 unspecified atom stereocenters. The summed E-state index contributed by atoms with van der Waals surface area (Å²) in [5.41, 5.74) is 1.56. The predicted molar refractivity (Wildman–Crippen MR) is 125 cm³/mol. The molecule has 1 saturated heterocycles. The Morgan fingerprint density at radius 2 is 1.74 bits per heavy atom. The van der Waals surface area contributed by atoms with Crippen molar-refractivity contribution in [2.24, 2.45) is 0 Å². The van der Waals surface area contributed by atoms with E-state index in [1.165, 1.54) is 26.2 Å². The lowest BCUT2D eigenvalue weighted by molar-refractivity contribution is -0.140. The number of ether oxygens (including phenoxy) is 3. The van der Waals surface area contributed by atoms with Gasteiger partial charge in [0.25, 0.3) is 11.7 Å². The second-order valence-electron chi connectivity index (χ2n) is 7.63. The molecule has 2 aromatic carbocycles. The Labute approximate surface area is 197 Å². The average molecular weight is 460 g/mol. The number of benzene rings is 2. The van der Waals surface area contributed by atoms with E-state index >= 15 is 0 Å². The van der Waals surface area contributed by atoms with Gasteiger partial charge in [0.05, 0.1) is 38.5 Å². The molecular weight excluding hydrogens is 436 g/mol. The van der Waals surface area contributed by atoms with E-state index in [9.17, 15) is 14.7 Å². The number of hydrogen-bond donors (Lipinski definition) is 1. The Morgan fingerprint density at radius 1 is 0.971 bits per heavy atom. The maximum absolute atomic E-state index is 13.3. The average Bonchev–Trinajstić information content (AvgIpc) is 3.13. The summed E-state index contributed by atoms with van der Waals surface area (Å²) in [5, 5.41) is 11.4. The Morgan fingerprint density at radius 3 is 2.41 bits per heavy atom. The first-order valence-electron chi connectivity index (χ1n) is 10.5. The minimum absolute atomic E-state index is 0.0475. The molecule has 1 N–H and O–H groups in total. The maximum Gasteiger partial charge on any atom is 0.295 e. The summed E-state index contributed by atoms with van der Waals surface area (Å²) in [6, 6.07) is 14.6. The van der Waals surface area contributed by atoms with Crippen LogP contribution in [0.2, 0.25) is 0 Å². The summed E-state index contributed by atoms with van der Waals surface area (Å²) in [6.45, 7) is 0.131. The lowest BCUT2D eigenvalue weighted by atomic mass is 9.94. The molecule has 8 heteroatoms. The summed E-state index contributed by atoms with van der Waals surface area (Å²) in [4.78, 5) is 32.0. The van der Waals surface area contributed by atoms with Gasteiger partial charge in [0.2, 0.25) is 0 Å². The minimum Gasteiger partial charge on any atom is -0.507 e. The summed E-state index contributed by atoms with van der Waals surface area (Å²) in [5.74, 6) is -0.510. The van der Waals surface area contributed by atoms with E-state index in [0.717, 1.165) is 5.56 Å². The van der Waals surface area contributed by atoms with Crippen molar-refractivity contribution in [2.75, 3.05) is 21.3 Å². The van der Waals surface area contributed by atoms with Crippen LogP contribution in [0.25, 0.3) is 5.76 Å². The molecule has 1 aliphatic rings. The highest BCUT2D eigenvalue weighted by atomic mass is 16.5. The first-order chi connectivity index (χ1) is 16.5. The molecule has 0 bridgehead atoms. The van der Waals surface area contributed by atoms with Gasteiger partial charge < -0.3 is 24.2 Å². The zero-order chi connectivity index (χ0) is 24.2. The molecule has 3 aromatic rings. The largest absolute Gasteiger partial charge is 0.507 e. The Balaban J connectivity index is 1.92. The van der Waals surface area contributed by atoms with Crippen LogP contribution in [0.3, 0.4) is 0 Å². The van der Waals surface area contributed by atoms with Crippen molar-refractivity contribution < 1.29 is 28.9 Å². The number of aromatic nitrogens is 1. The zero-order valence-electron chi connectivity index (χ0n) is 19.0. The van der Waals surface area contributed by atoms with Gasteiger partial charge in [-0.15, -0.1) is 0 Å². The topological polar surface area (TPSA) is 98.2 Å². The number of likely N-dealkylation sites (tertiary alicyclic amines) is 1. The van der Waals surface area contributed by atoms with Crippen molar-refractivity contribution >= 4 is 17.4 Å². The van der Waals surface area contributed by atoms with E-state index in [4.69, 9.17) is 14.2 Å².